The number of furan rings is 1. The van der Waals surface area contributed by atoms with Crippen LogP contribution in [0.3, 0.4) is 0 Å². The summed E-state index contributed by atoms with van der Waals surface area (Å²) in [6.45, 7) is 4.12. The van der Waals surface area contributed by atoms with Gasteiger partial charge in [0.2, 0.25) is 0 Å². The predicted molar refractivity (Wildman–Crippen MR) is 116 cm³/mol. The molecule has 8 atom stereocenters. The fraction of sp³-hybridized carbons (Fsp3) is 0.808. The number of ether oxygens (including phenoxy) is 2. The topological polar surface area (TPSA) is 64.0 Å². The molecule has 6 rings (SSSR count). The van der Waals surface area contributed by atoms with Gasteiger partial charge in [-0.05, 0) is 74.3 Å². The van der Waals surface area contributed by atoms with Crippen LogP contribution < -0.4 is 5.32 Å². The largest absolute Gasteiger partial charge is 0.469 e. The van der Waals surface area contributed by atoms with Crippen molar-refractivity contribution in [2.45, 2.75) is 88.9 Å². The summed E-state index contributed by atoms with van der Waals surface area (Å²) in [6, 6.07) is 4.53. The predicted octanol–water partition coefficient (Wildman–Crippen LogP) is 4.50. The highest BCUT2D eigenvalue weighted by atomic mass is 16.6. The molecule has 0 bridgehead atoms. The fourth-order valence-electron chi connectivity index (χ4n) is 7.88. The molecule has 0 radical (unpaired) electrons. The zero-order chi connectivity index (χ0) is 21.1. The number of carbonyl (C=O) groups is 1. The quantitative estimate of drug-likeness (QED) is 0.554. The molecule has 2 aliphatic heterocycles. The van der Waals surface area contributed by atoms with Crippen molar-refractivity contribution >= 4 is 5.97 Å². The Hall–Kier alpha value is -1.33. The molecule has 5 nitrogen and oxygen atoms in total. The molecular weight excluding hydrogens is 390 g/mol. The molecule has 1 N–H and O–H groups in total. The van der Waals surface area contributed by atoms with Gasteiger partial charge in [-0.2, -0.15) is 0 Å². The second-order valence-corrected chi connectivity index (χ2v) is 11.4. The van der Waals surface area contributed by atoms with E-state index in [1.165, 1.54) is 44.9 Å². The van der Waals surface area contributed by atoms with Crippen molar-refractivity contribution in [2.24, 2.45) is 29.1 Å². The summed E-state index contributed by atoms with van der Waals surface area (Å²) in [5, 5.41) is 3.83. The van der Waals surface area contributed by atoms with Crippen molar-refractivity contribution in [1.82, 2.24) is 5.32 Å². The van der Waals surface area contributed by atoms with Crippen molar-refractivity contribution < 1.29 is 18.7 Å². The summed E-state index contributed by atoms with van der Waals surface area (Å²) in [4.78, 5) is 12.9. The lowest BCUT2D eigenvalue weighted by molar-refractivity contribution is -0.147. The van der Waals surface area contributed by atoms with E-state index in [9.17, 15) is 4.79 Å². The number of nitrogens with one attached hydrogen (secondary N) is 1. The Bertz CT molecular complexity index is 802. The minimum atomic E-state index is -0.00142. The molecule has 3 saturated carbocycles. The maximum Gasteiger partial charge on any atom is 0.310 e. The average Bonchev–Trinajstić information content (AvgIpc) is 3.19. The van der Waals surface area contributed by atoms with E-state index in [1.807, 2.05) is 6.07 Å². The van der Waals surface area contributed by atoms with Crippen molar-refractivity contribution in [1.29, 1.82) is 0 Å². The Morgan fingerprint density at radius 2 is 2.06 bits per heavy atom. The van der Waals surface area contributed by atoms with Crippen LogP contribution in [0, 0.1) is 29.1 Å². The van der Waals surface area contributed by atoms with E-state index in [-0.39, 0.29) is 29.0 Å². The van der Waals surface area contributed by atoms with Gasteiger partial charge in [0, 0.05) is 24.9 Å². The molecule has 3 heterocycles. The normalized spacial score (nSPS) is 46.4. The standard InChI is InChI=1S/C26H37NO4/c1-25-9-5-10-26(16-30-26)23(25)13-19-20(24(28)31-22(19)14-25)15-27-21-8-3-2-6-17(21)12-18-7-4-11-29-18/h4,7,11,17,19-23,27H,2-3,5-6,8-10,12-16H2,1H3/t17-,19+,20-,21+,22-,23-,25-,26+/m1/s1. The molecule has 170 valence electrons. The van der Waals surface area contributed by atoms with Crippen LogP contribution >= 0.6 is 0 Å². The van der Waals surface area contributed by atoms with E-state index >= 15 is 0 Å². The number of hydrogen-bond donors (Lipinski definition) is 1. The number of carbonyl (C=O) groups excluding carboxylic acids is 1. The summed E-state index contributed by atoms with van der Waals surface area (Å²) in [5.41, 5.74) is 0.398. The van der Waals surface area contributed by atoms with Crippen molar-refractivity contribution in [3.8, 4) is 0 Å². The van der Waals surface area contributed by atoms with Crippen molar-refractivity contribution in [3.63, 3.8) is 0 Å². The van der Waals surface area contributed by atoms with Crippen molar-refractivity contribution in [3.05, 3.63) is 24.2 Å². The van der Waals surface area contributed by atoms with E-state index in [0.717, 1.165) is 38.2 Å². The Kier molecular flexibility index (Phi) is 4.99. The van der Waals surface area contributed by atoms with Crippen LogP contribution in [0.5, 0.6) is 0 Å². The highest BCUT2D eigenvalue weighted by Gasteiger charge is 2.65. The van der Waals surface area contributed by atoms with Crippen LogP contribution in [0.4, 0.5) is 0 Å². The average molecular weight is 428 g/mol. The van der Waals surface area contributed by atoms with E-state index in [4.69, 9.17) is 13.9 Å². The molecule has 2 saturated heterocycles. The Labute approximate surface area is 185 Å². The first kappa shape index (κ1) is 20.3. The van der Waals surface area contributed by atoms with Gasteiger partial charge in [-0.25, -0.2) is 0 Å². The first-order valence-corrected chi connectivity index (χ1v) is 12.7. The summed E-state index contributed by atoms with van der Waals surface area (Å²) in [6.07, 6.45) is 13.7. The van der Waals surface area contributed by atoms with Gasteiger partial charge < -0.3 is 19.2 Å². The molecule has 0 unspecified atom stereocenters. The minimum absolute atomic E-state index is 0.00142. The smallest absolute Gasteiger partial charge is 0.310 e. The van der Waals surface area contributed by atoms with E-state index < -0.39 is 0 Å². The van der Waals surface area contributed by atoms with Gasteiger partial charge in [-0.3, -0.25) is 4.79 Å². The van der Waals surface area contributed by atoms with Gasteiger partial charge in [0.05, 0.1) is 24.4 Å². The zero-order valence-electron chi connectivity index (χ0n) is 18.8. The fourth-order valence-corrected chi connectivity index (χ4v) is 7.88. The number of epoxide rings is 1. The Morgan fingerprint density at radius 3 is 2.87 bits per heavy atom. The molecule has 3 aliphatic carbocycles. The van der Waals surface area contributed by atoms with Crippen LogP contribution in [0.1, 0.15) is 70.5 Å². The summed E-state index contributed by atoms with van der Waals surface area (Å²) < 4.78 is 17.7. The van der Waals surface area contributed by atoms with Gasteiger partial charge in [0.25, 0.3) is 0 Å². The lowest BCUT2D eigenvalue weighted by Gasteiger charge is -2.51. The summed E-state index contributed by atoms with van der Waals surface area (Å²) in [7, 11) is 0. The third kappa shape index (κ3) is 3.56. The second kappa shape index (κ2) is 7.62. The van der Waals surface area contributed by atoms with Crippen LogP contribution in [0.2, 0.25) is 0 Å². The first-order chi connectivity index (χ1) is 15.1. The monoisotopic (exact) mass is 427 g/mol. The van der Waals surface area contributed by atoms with Crippen LogP contribution in [-0.4, -0.2) is 36.9 Å². The maximum absolute atomic E-state index is 12.9. The van der Waals surface area contributed by atoms with Crippen LogP contribution in [0.15, 0.2) is 22.8 Å². The molecule has 0 aromatic carbocycles. The molecule has 5 aliphatic rings. The lowest BCUT2D eigenvalue weighted by atomic mass is 9.53. The van der Waals surface area contributed by atoms with Gasteiger partial charge >= 0.3 is 5.97 Å². The highest BCUT2D eigenvalue weighted by Crippen LogP contribution is 2.62. The number of fused-ring (bicyclic) bond motifs is 3. The van der Waals surface area contributed by atoms with E-state index in [2.05, 4.69) is 18.3 Å². The Balaban J connectivity index is 1.13. The lowest BCUT2D eigenvalue weighted by Crippen LogP contribution is -2.51. The van der Waals surface area contributed by atoms with Crippen LogP contribution in [0.25, 0.3) is 0 Å². The van der Waals surface area contributed by atoms with Gasteiger partial charge in [-0.1, -0.05) is 19.8 Å². The van der Waals surface area contributed by atoms with Gasteiger partial charge in [0.15, 0.2) is 0 Å². The molecule has 31 heavy (non-hydrogen) atoms. The SMILES string of the molecule is C[C@]12CCC[C@]3(CO3)[C@@H]1C[C@@H]1[C@@H](C2)OC(=O)[C@@H]1CN[C@H]1CCCC[C@@H]1Cc1ccco1. The zero-order valence-corrected chi connectivity index (χ0v) is 18.8. The first-order valence-electron chi connectivity index (χ1n) is 12.7. The highest BCUT2D eigenvalue weighted by molar-refractivity contribution is 5.75. The number of rotatable bonds is 5. The van der Waals surface area contributed by atoms with E-state index in [1.54, 1.807) is 6.26 Å². The molecule has 5 heteroatoms. The number of hydrogen-bond acceptors (Lipinski definition) is 5. The molecule has 0 amide bonds. The molecular formula is C26H37NO4. The minimum Gasteiger partial charge on any atom is -0.469 e. The van der Waals surface area contributed by atoms with E-state index in [0.29, 0.717) is 23.8 Å². The summed E-state index contributed by atoms with van der Waals surface area (Å²) >= 11 is 0. The third-order valence-corrected chi connectivity index (χ3v) is 9.63. The third-order valence-electron chi connectivity index (χ3n) is 9.63. The molecule has 5 fully saturated rings. The maximum atomic E-state index is 12.9. The van der Waals surface area contributed by atoms with Gasteiger partial charge in [0.1, 0.15) is 11.9 Å². The number of esters is 1. The van der Waals surface area contributed by atoms with Gasteiger partial charge in [-0.15, -0.1) is 0 Å². The molecule has 1 spiro atoms. The Morgan fingerprint density at radius 1 is 1.19 bits per heavy atom. The van der Waals surface area contributed by atoms with Crippen LogP contribution in [-0.2, 0) is 20.7 Å². The summed E-state index contributed by atoms with van der Waals surface area (Å²) in [5.74, 6) is 2.65. The van der Waals surface area contributed by atoms with Crippen molar-refractivity contribution in [2.75, 3.05) is 13.2 Å². The molecule has 1 aromatic heterocycles. The second-order valence-electron chi connectivity index (χ2n) is 11.4. The molecule has 1 aromatic rings.